The maximum Gasteiger partial charge on any atom is 0.324 e. The number of nitrogens with one attached hydrogen (secondary N) is 1. The Labute approximate surface area is 108 Å². The molecule has 0 radical (unpaired) electrons. The van der Waals surface area contributed by atoms with E-state index < -0.39 is 18.9 Å². The van der Waals surface area contributed by atoms with E-state index in [1.807, 2.05) is 0 Å². The van der Waals surface area contributed by atoms with Crippen LogP contribution >= 0.6 is 0 Å². The Bertz CT molecular complexity index is 480. The van der Waals surface area contributed by atoms with E-state index in [4.69, 9.17) is 0 Å². The number of hydrogen-bond donors (Lipinski definition) is 1. The summed E-state index contributed by atoms with van der Waals surface area (Å²) in [6.07, 6.45) is -1.26. The van der Waals surface area contributed by atoms with Crippen LogP contribution in [-0.4, -0.2) is 28.4 Å². The molecule has 19 heavy (non-hydrogen) atoms. The van der Waals surface area contributed by atoms with Gasteiger partial charge < -0.3 is 9.88 Å². The van der Waals surface area contributed by atoms with Crippen LogP contribution in [0.3, 0.4) is 0 Å². The predicted molar refractivity (Wildman–Crippen MR) is 60.6 cm³/mol. The highest BCUT2D eigenvalue weighted by Gasteiger charge is 2.43. The summed E-state index contributed by atoms with van der Waals surface area (Å²) in [5.41, 5.74) is 1.43. The molecule has 0 aromatic carbocycles. The van der Waals surface area contributed by atoms with Gasteiger partial charge in [0.1, 0.15) is 5.82 Å². The monoisotopic (exact) mass is 277 g/mol. The first-order chi connectivity index (χ1) is 8.99. The number of hydrogen-bond acceptors (Lipinski definition) is 2. The van der Waals surface area contributed by atoms with E-state index in [1.165, 1.54) is 4.57 Å². The average Bonchev–Trinajstić information content (AvgIpc) is 3.14. The summed E-state index contributed by atoms with van der Waals surface area (Å²) in [5, 5.41) is 3.11. The van der Waals surface area contributed by atoms with Crippen LogP contribution in [0, 0.1) is 0 Å². The molecule has 1 saturated carbocycles. The molecule has 0 unspecified atom stereocenters. The van der Waals surface area contributed by atoms with Crippen LogP contribution in [0.5, 0.6) is 0 Å². The van der Waals surface area contributed by atoms with Gasteiger partial charge in [0.2, 0.25) is 0 Å². The Balaban J connectivity index is 1.96. The molecule has 1 aromatic heterocycles. The fraction of sp³-hybridized carbons (Fsp3) is 0.750. The SMILES string of the molecule is FC(F)C(F)(F)Cn1c(C2CC2)nc2c1CCNC2. The van der Waals surface area contributed by atoms with Crippen molar-refractivity contribution in [3.05, 3.63) is 17.2 Å². The molecule has 3 rings (SSSR count). The summed E-state index contributed by atoms with van der Waals surface area (Å²) in [6, 6.07) is 0. The van der Waals surface area contributed by atoms with Gasteiger partial charge >= 0.3 is 12.3 Å². The standard InChI is InChI=1S/C12H15F4N3/c13-11(14)12(15,16)6-19-9-3-4-17-5-8(9)18-10(19)7-1-2-7/h7,11,17H,1-6H2. The van der Waals surface area contributed by atoms with Crippen LogP contribution < -0.4 is 5.32 Å². The van der Waals surface area contributed by atoms with E-state index in [2.05, 4.69) is 10.3 Å². The van der Waals surface area contributed by atoms with Crippen molar-refractivity contribution in [1.29, 1.82) is 0 Å². The molecule has 1 aromatic rings. The first-order valence-electron chi connectivity index (χ1n) is 6.44. The van der Waals surface area contributed by atoms with Crippen molar-refractivity contribution in [3.8, 4) is 0 Å². The largest absolute Gasteiger partial charge is 0.325 e. The van der Waals surface area contributed by atoms with Crippen LogP contribution in [0.15, 0.2) is 0 Å². The van der Waals surface area contributed by atoms with Gasteiger partial charge in [0.25, 0.3) is 0 Å². The van der Waals surface area contributed by atoms with Crippen molar-refractivity contribution in [2.45, 2.75) is 50.6 Å². The summed E-state index contributed by atoms with van der Waals surface area (Å²) >= 11 is 0. The Hall–Kier alpha value is -1.11. The van der Waals surface area contributed by atoms with Crippen molar-refractivity contribution in [2.75, 3.05) is 6.54 Å². The Morgan fingerprint density at radius 1 is 1.37 bits per heavy atom. The van der Waals surface area contributed by atoms with Crippen molar-refractivity contribution < 1.29 is 17.6 Å². The Kier molecular flexibility index (Phi) is 3.03. The minimum Gasteiger partial charge on any atom is -0.325 e. The number of nitrogens with zero attached hydrogens (tertiary/aromatic N) is 2. The van der Waals surface area contributed by atoms with E-state index in [0.717, 1.165) is 18.5 Å². The quantitative estimate of drug-likeness (QED) is 0.856. The molecule has 3 nitrogen and oxygen atoms in total. The molecule has 7 heteroatoms. The third-order valence-electron chi connectivity index (χ3n) is 3.65. The molecule has 0 atom stereocenters. The summed E-state index contributed by atoms with van der Waals surface area (Å²) in [6.45, 7) is 0.240. The number of fused-ring (bicyclic) bond motifs is 1. The van der Waals surface area contributed by atoms with Gasteiger partial charge in [-0.25, -0.2) is 13.8 Å². The highest BCUT2D eigenvalue weighted by Crippen LogP contribution is 2.41. The predicted octanol–water partition coefficient (Wildman–Crippen LogP) is 2.31. The number of aromatic nitrogens is 2. The number of imidazole rings is 1. The van der Waals surface area contributed by atoms with Crippen molar-refractivity contribution in [2.24, 2.45) is 0 Å². The molecular formula is C12H15F4N3. The maximum absolute atomic E-state index is 13.3. The summed E-state index contributed by atoms with van der Waals surface area (Å²) in [7, 11) is 0. The normalized spacial score (nSPS) is 19.8. The van der Waals surface area contributed by atoms with Crippen LogP contribution in [-0.2, 0) is 19.5 Å². The highest BCUT2D eigenvalue weighted by atomic mass is 19.3. The molecule has 1 N–H and O–H groups in total. The third kappa shape index (κ3) is 2.35. The molecule has 0 amide bonds. The molecule has 1 aliphatic heterocycles. The second-order valence-corrected chi connectivity index (χ2v) is 5.21. The van der Waals surface area contributed by atoms with Crippen molar-refractivity contribution >= 4 is 0 Å². The lowest BCUT2D eigenvalue weighted by Crippen LogP contribution is -2.34. The Morgan fingerprint density at radius 3 is 2.74 bits per heavy atom. The lowest BCUT2D eigenvalue weighted by atomic mass is 10.2. The van der Waals surface area contributed by atoms with E-state index >= 15 is 0 Å². The molecule has 1 fully saturated rings. The van der Waals surface area contributed by atoms with Crippen LogP contribution in [0.2, 0.25) is 0 Å². The zero-order valence-corrected chi connectivity index (χ0v) is 10.3. The third-order valence-corrected chi connectivity index (χ3v) is 3.65. The number of rotatable bonds is 4. The van der Waals surface area contributed by atoms with Crippen LogP contribution in [0.4, 0.5) is 17.6 Å². The minimum atomic E-state index is -4.00. The zero-order valence-electron chi connectivity index (χ0n) is 10.3. The van der Waals surface area contributed by atoms with E-state index in [1.54, 1.807) is 0 Å². The van der Waals surface area contributed by atoms with E-state index in [-0.39, 0.29) is 5.92 Å². The van der Waals surface area contributed by atoms with Crippen LogP contribution in [0.25, 0.3) is 0 Å². The minimum absolute atomic E-state index is 0.166. The topological polar surface area (TPSA) is 29.9 Å². The van der Waals surface area contributed by atoms with Gasteiger partial charge in [0.15, 0.2) is 0 Å². The van der Waals surface area contributed by atoms with Gasteiger partial charge in [-0.1, -0.05) is 0 Å². The van der Waals surface area contributed by atoms with Gasteiger partial charge in [-0.05, 0) is 12.8 Å². The molecule has 2 heterocycles. The first-order valence-corrected chi connectivity index (χ1v) is 6.44. The lowest BCUT2D eigenvalue weighted by molar-refractivity contribution is -0.138. The molecule has 0 saturated heterocycles. The van der Waals surface area contributed by atoms with Crippen molar-refractivity contribution in [1.82, 2.24) is 14.9 Å². The molecule has 106 valence electrons. The van der Waals surface area contributed by atoms with E-state index in [9.17, 15) is 17.6 Å². The lowest BCUT2D eigenvalue weighted by Gasteiger charge is -2.21. The summed E-state index contributed by atoms with van der Waals surface area (Å²) in [5.74, 6) is -3.27. The molecule has 2 aliphatic rings. The first kappa shape index (κ1) is 12.9. The highest BCUT2D eigenvalue weighted by molar-refractivity contribution is 5.24. The molecular weight excluding hydrogens is 262 g/mol. The number of alkyl halides is 4. The smallest absolute Gasteiger partial charge is 0.324 e. The van der Waals surface area contributed by atoms with Gasteiger partial charge in [-0.3, -0.25) is 0 Å². The number of halogens is 4. The fourth-order valence-corrected chi connectivity index (χ4v) is 2.50. The van der Waals surface area contributed by atoms with Gasteiger partial charge in [-0.2, -0.15) is 8.78 Å². The zero-order chi connectivity index (χ0) is 13.6. The summed E-state index contributed by atoms with van der Waals surface area (Å²) in [4.78, 5) is 4.38. The van der Waals surface area contributed by atoms with Crippen LogP contribution in [0.1, 0.15) is 36.0 Å². The molecule has 0 spiro atoms. The summed E-state index contributed by atoms with van der Waals surface area (Å²) < 4.78 is 52.8. The maximum atomic E-state index is 13.3. The van der Waals surface area contributed by atoms with Gasteiger partial charge in [0, 0.05) is 31.1 Å². The van der Waals surface area contributed by atoms with Gasteiger partial charge in [0.05, 0.1) is 12.2 Å². The van der Waals surface area contributed by atoms with E-state index in [0.29, 0.717) is 31.0 Å². The van der Waals surface area contributed by atoms with Crippen molar-refractivity contribution in [3.63, 3.8) is 0 Å². The fourth-order valence-electron chi connectivity index (χ4n) is 2.50. The molecule has 1 aliphatic carbocycles. The Morgan fingerprint density at radius 2 is 2.11 bits per heavy atom. The van der Waals surface area contributed by atoms with Gasteiger partial charge in [-0.15, -0.1) is 0 Å². The molecule has 0 bridgehead atoms. The second kappa shape index (κ2) is 4.47. The average molecular weight is 277 g/mol. The second-order valence-electron chi connectivity index (χ2n) is 5.21.